The van der Waals surface area contributed by atoms with Crippen LogP contribution in [0.4, 0.5) is 5.69 Å². The molecule has 0 saturated carbocycles. The van der Waals surface area contributed by atoms with E-state index in [1.54, 1.807) is 13.0 Å². The van der Waals surface area contributed by atoms with E-state index in [0.29, 0.717) is 10.9 Å². The first-order valence-corrected chi connectivity index (χ1v) is 11.3. The van der Waals surface area contributed by atoms with Crippen LogP contribution in [0, 0.1) is 6.92 Å². The van der Waals surface area contributed by atoms with Crippen molar-refractivity contribution in [3.63, 3.8) is 0 Å². The lowest BCUT2D eigenvalue weighted by Crippen LogP contribution is -2.24. The average molecular weight is 422 g/mol. The van der Waals surface area contributed by atoms with E-state index >= 15 is 0 Å². The molecule has 1 amide bonds. The smallest absolute Gasteiger partial charge is 0.244 e. The second-order valence-electron chi connectivity index (χ2n) is 7.06. The van der Waals surface area contributed by atoms with Gasteiger partial charge in [0.15, 0.2) is 0 Å². The summed E-state index contributed by atoms with van der Waals surface area (Å²) in [7, 11) is -0.567. The highest BCUT2D eigenvalue weighted by atomic mass is 32.2. The number of carbonyl (C=O) groups is 1. The van der Waals surface area contributed by atoms with Crippen molar-refractivity contribution < 1.29 is 13.2 Å². The zero-order chi connectivity index (χ0) is 21.1. The van der Waals surface area contributed by atoms with Crippen LogP contribution in [0.3, 0.4) is 0 Å². The summed E-state index contributed by atoms with van der Waals surface area (Å²) in [6.45, 7) is 7.97. The van der Waals surface area contributed by atoms with Gasteiger partial charge in [-0.25, -0.2) is 17.7 Å². The maximum Gasteiger partial charge on any atom is 0.244 e. The van der Waals surface area contributed by atoms with Gasteiger partial charge in [-0.05, 0) is 43.0 Å². The van der Waals surface area contributed by atoms with E-state index in [2.05, 4.69) is 24.1 Å². The van der Waals surface area contributed by atoms with Crippen LogP contribution in [0.2, 0.25) is 0 Å². The van der Waals surface area contributed by atoms with E-state index in [1.165, 1.54) is 38.1 Å². The highest BCUT2D eigenvalue weighted by Gasteiger charge is 2.20. The quantitative estimate of drug-likeness (QED) is 0.686. The third-order valence-electron chi connectivity index (χ3n) is 4.33. The first-order valence-electron chi connectivity index (χ1n) is 8.99. The summed E-state index contributed by atoms with van der Waals surface area (Å²) >= 11 is 1.29. The van der Waals surface area contributed by atoms with Crippen LogP contribution in [0.1, 0.15) is 37.8 Å². The molecule has 6 nitrogen and oxygen atoms in total. The van der Waals surface area contributed by atoms with Gasteiger partial charge in [-0.2, -0.15) is 0 Å². The van der Waals surface area contributed by atoms with Crippen molar-refractivity contribution in [1.82, 2.24) is 9.29 Å². The van der Waals surface area contributed by atoms with E-state index in [-0.39, 0.29) is 16.1 Å². The van der Waals surface area contributed by atoms with Crippen LogP contribution in [0.15, 0.2) is 46.5 Å². The second kappa shape index (κ2) is 9.07. The highest BCUT2D eigenvalue weighted by Crippen LogP contribution is 2.29. The van der Waals surface area contributed by atoms with Gasteiger partial charge in [-0.1, -0.05) is 43.8 Å². The molecular weight excluding hydrogens is 394 g/mol. The normalized spacial score (nSPS) is 13.0. The topological polar surface area (TPSA) is 79.4 Å². The van der Waals surface area contributed by atoms with Crippen LogP contribution in [-0.2, 0) is 14.8 Å². The Kier molecular flexibility index (Phi) is 7.25. The molecule has 0 saturated heterocycles. The lowest BCUT2D eigenvalue weighted by molar-refractivity contribution is -0.115. The number of hydrogen-bond acceptors (Lipinski definition) is 5. The number of aromatic nitrogens is 1. The van der Waals surface area contributed by atoms with Crippen molar-refractivity contribution in [3.8, 4) is 0 Å². The molecule has 2 rings (SSSR count). The summed E-state index contributed by atoms with van der Waals surface area (Å²) in [4.78, 5) is 17.0. The fourth-order valence-electron chi connectivity index (χ4n) is 2.60. The summed E-state index contributed by atoms with van der Waals surface area (Å²) in [6, 6.07) is 9.12. The van der Waals surface area contributed by atoms with Gasteiger partial charge in [-0.3, -0.25) is 4.79 Å². The summed E-state index contributed by atoms with van der Waals surface area (Å²) in [5.74, 6) is 0.180. The Morgan fingerprint density at radius 3 is 2.36 bits per heavy atom. The SMILES string of the molecule is Cc1cccc(C(C)C)c1NC(=O)[C@@H](C)Sc1ccc(S(=O)(=O)N(C)C)cn1. The first-order chi connectivity index (χ1) is 13.0. The van der Waals surface area contributed by atoms with E-state index in [0.717, 1.165) is 21.1 Å². The molecular formula is C20H27N3O3S2. The average Bonchev–Trinajstić information content (AvgIpc) is 2.63. The molecule has 1 aromatic carbocycles. The summed E-state index contributed by atoms with van der Waals surface area (Å²) in [5, 5.41) is 3.25. The zero-order valence-corrected chi connectivity index (χ0v) is 18.7. The van der Waals surface area contributed by atoms with Gasteiger partial charge in [-0.15, -0.1) is 0 Å². The fourth-order valence-corrected chi connectivity index (χ4v) is 4.24. The molecule has 1 atom stereocenters. The number of thioether (sulfide) groups is 1. The number of carbonyl (C=O) groups excluding carboxylic acids is 1. The van der Waals surface area contributed by atoms with Gasteiger partial charge >= 0.3 is 0 Å². The minimum atomic E-state index is -3.51. The number of hydrogen-bond donors (Lipinski definition) is 1. The zero-order valence-electron chi connectivity index (χ0n) is 17.1. The number of anilines is 1. The number of sulfonamides is 1. The molecule has 0 radical (unpaired) electrons. The number of rotatable bonds is 7. The van der Waals surface area contributed by atoms with Gasteiger partial charge in [0.2, 0.25) is 15.9 Å². The standard InChI is InChI=1S/C20H27N3O3S2/c1-13(2)17-9-7-8-14(3)19(17)22-20(24)15(4)27-18-11-10-16(12-21-18)28(25,26)23(5)6/h7-13,15H,1-6H3,(H,22,24)/t15-/m1/s1. The number of nitrogens with zero attached hydrogens (tertiary/aromatic N) is 2. The van der Waals surface area contributed by atoms with Crippen molar-refractivity contribution in [3.05, 3.63) is 47.7 Å². The molecule has 28 heavy (non-hydrogen) atoms. The lowest BCUT2D eigenvalue weighted by Gasteiger charge is -2.18. The molecule has 0 aliphatic carbocycles. The Morgan fingerprint density at radius 1 is 1.14 bits per heavy atom. The third-order valence-corrected chi connectivity index (χ3v) is 7.18. The Labute approximate surface area is 171 Å². The number of aryl methyl sites for hydroxylation is 1. The molecule has 0 spiro atoms. The number of para-hydroxylation sites is 1. The molecule has 1 heterocycles. The van der Waals surface area contributed by atoms with Crippen molar-refractivity contribution >= 4 is 33.4 Å². The predicted octanol–water partition coefficient (Wildman–Crippen LogP) is 3.88. The summed E-state index contributed by atoms with van der Waals surface area (Å²) in [6.07, 6.45) is 1.32. The highest BCUT2D eigenvalue weighted by molar-refractivity contribution is 8.00. The number of pyridine rings is 1. The maximum atomic E-state index is 12.7. The molecule has 0 bridgehead atoms. The minimum absolute atomic E-state index is 0.118. The molecule has 0 fully saturated rings. The molecule has 152 valence electrons. The number of benzene rings is 1. The molecule has 2 aromatic rings. The molecule has 8 heteroatoms. The Balaban J connectivity index is 2.12. The predicted molar refractivity (Wildman–Crippen MR) is 114 cm³/mol. The molecule has 1 N–H and O–H groups in total. The number of amides is 1. The minimum Gasteiger partial charge on any atom is -0.325 e. The van der Waals surface area contributed by atoms with Crippen molar-refractivity contribution in [2.45, 2.75) is 48.8 Å². The van der Waals surface area contributed by atoms with Crippen LogP contribution < -0.4 is 5.32 Å². The van der Waals surface area contributed by atoms with Crippen molar-refractivity contribution in [1.29, 1.82) is 0 Å². The third kappa shape index (κ3) is 5.12. The maximum absolute atomic E-state index is 12.7. The Bertz CT molecular complexity index is 940. The van der Waals surface area contributed by atoms with Crippen molar-refractivity contribution in [2.75, 3.05) is 19.4 Å². The van der Waals surface area contributed by atoms with Crippen LogP contribution in [0.25, 0.3) is 0 Å². The van der Waals surface area contributed by atoms with Crippen LogP contribution in [0.5, 0.6) is 0 Å². The molecule has 0 unspecified atom stereocenters. The fraction of sp³-hybridized carbons (Fsp3) is 0.400. The van der Waals surface area contributed by atoms with Crippen LogP contribution >= 0.6 is 11.8 Å². The monoisotopic (exact) mass is 421 g/mol. The van der Waals surface area contributed by atoms with Crippen molar-refractivity contribution in [2.24, 2.45) is 0 Å². The van der Waals surface area contributed by atoms with E-state index in [4.69, 9.17) is 0 Å². The van der Waals surface area contributed by atoms with E-state index in [1.807, 2.05) is 25.1 Å². The van der Waals surface area contributed by atoms with Gasteiger partial charge in [0, 0.05) is 26.0 Å². The molecule has 1 aromatic heterocycles. The largest absolute Gasteiger partial charge is 0.325 e. The lowest BCUT2D eigenvalue weighted by atomic mass is 9.98. The van der Waals surface area contributed by atoms with Gasteiger partial charge in [0.25, 0.3) is 0 Å². The number of nitrogens with one attached hydrogen (secondary N) is 1. The first kappa shape index (κ1) is 22.4. The van der Waals surface area contributed by atoms with Crippen LogP contribution in [-0.4, -0.2) is 43.0 Å². The second-order valence-corrected chi connectivity index (χ2v) is 10.6. The molecule has 0 aliphatic rings. The summed E-state index contributed by atoms with van der Waals surface area (Å²) < 4.78 is 25.4. The van der Waals surface area contributed by atoms with E-state index in [9.17, 15) is 13.2 Å². The van der Waals surface area contributed by atoms with Gasteiger partial charge < -0.3 is 5.32 Å². The van der Waals surface area contributed by atoms with Gasteiger partial charge in [0.1, 0.15) is 4.90 Å². The Morgan fingerprint density at radius 2 is 1.82 bits per heavy atom. The Hall–Kier alpha value is -1.90. The summed E-state index contributed by atoms with van der Waals surface area (Å²) in [5.41, 5.74) is 2.98. The van der Waals surface area contributed by atoms with E-state index < -0.39 is 10.0 Å². The van der Waals surface area contributed by atoms with Gasteiger partial charge in [0.05, 0.1) is 10.3 Å². The molecule has 0 aliphatic heterocycles.